The molecule has 1 amide bonds. The van der Waals surface area contributed by atoms with Crippen LogP contribution in [0.2, 0.25) is 0 Å². The number of benzene rings is 1. The van der Waals surface area contributed by atoms with E-state index in [1.807, 2.05) is 13.8 Å². The molecule has 7 heteroatoms. The molecule has 0 spiro atoms. The monoisotopic (exact) mass is 333 g/mol. The second-order valence-corrected chi connectivity index (χ2v) is 5.91. The molecule has 0 aliphatic heterocycles. The SMILES string of the molecule is CC(C)CN(CCC(=O)O)C(=O)c1ccn(-c2ccc(F)cc2)n1. The van der Waals surface area contributed by atoms with E-state index in [4.69, 9.17) is 5.11 Å². The van der Waals surface area contributed by atoms with E-state index in [1.165, 1.54) is 21.7 Å². The zero-order chi connectivity index (χ0) is 17.7. The lowest BCUT2D eigenvalue weighted by Gasteiger charge is -2.23. The molecule has 0 aliphatic carbocycles. The maximum absolute atomic E-state index is 13.0. The van der Waals surface area contributed by atoms with Gasteiger partial charge in [-0.25, -0.2) is 9.07 Å². The highest BCUT2D eigenvalue weighted by Crippen LogP contribution is 2.11. The molecule has 0 bridgehead atoms. The molecule has 0 saturated heterocycles. The maximum Gasteiger partial charge on any atom is 0.305 e. The van der Waals surface area contributed by atoms with Gasteiger partial charge < -0.3 is 10.0 Å². The Balaban J connectivity index is 2.17. The van der Waals surface area contributed by atoms with Gasteiger partial charge in [0.1, 0.15) is 5.82 Å². The summed E-state index contributed by atoms with van der Waals surface area (Å²) < 4.78 is 14.5. The number of aromatic nitrogens is 2. The van der Waals surface area contributed by atoms with Crippen LogP contribution in [0.25, 0.3) is 5.69 Å². The Bertz CT molecular complexity index is 710. The molecule has 0 fully saturated rings. The third-order valence-corrected chi connectivity index (χ3v) is 3.37. The summed E-state index contributed by atoms with van der Waals surface area (Å²) in [4.78, 5) is 24.9. The molecular weight excluding hydrogens is 313 g/mol. The van der Waals surface area contributed by atoms with Crippen LogP contribution in [-0.2, 0) is 4.79 Å². The third kappa shape index (κ3) is 4.65. The molecule has 0 radical (unpaired) electrons. The van der Waals surface area contributed by atoms with Gasteiger partial charge in [0.2, 0.25) is 0 Å². The minimum atomic E-state index is -0.951. The lowest BCUT2D eigenvalue weighted by molar-refractivity contribution is -0.137. The first-order chi connectivity index (χ1) is 11.4. The van der Waals surface area contributed by atoms with Crippen LogP contribution in [0.3, 0.4) is 0 Å². The van der Waals surface area contributed by atoms with Crippen molar-refractivity contribution in [3.05, 3.63) is 48.0 Å². The van der Waals surface area contributed by atoms with Crippen LogP contribution in [0.4, 0.5) is 4.39 Å². The van der Waals surface area contributed by atoms with Gasteiger partial charge in [0.25, 0.3) is 5.91 Å². The first-order valence-electron chi connectivity index (χ1n) is 7.69. The molecule has 1 aromatic heterocycles. The molecule has 128 valence electrons. The van der Waals surface area contributed by atoms with Crippen LogP contribution in [-0.4, -0.2) is 44.8 Å². The highest BCUT2D eigenvalue weighted by atomic mass is 19.1. The van der Waals surface area contributed by atoms with Crippen molar-refractivity contribution >= 4 is 11.9 Å². The van der Waals surface area contributed by atoms with Crippen molar-refractivity contribution in [3.8, 4) is 5.69 Å². The van der Waals surface area contributed by atoms with Gasteiger partial charge in [-0.3, -0.25) is 9.59 Å². The lowest BCUT2D eigenvalue weighted by atomic mass is 10.2. The van der Waals surface area contributed by atoms with Crippen LogP contribution < -0.4 is 0 Å². The molecule has 1 N–H and O–H groups in total. The molecule has 0 aliphatic rings. The quantitative estimate of drug-likeness (QED) is 0.845. The number of amides is 1. The number of hydrogen-bond acceptors (Lipinski definition) is 3. The fourth-order valence-electron chi connectivity index (χ4n) is 2.28. The standard InChI is InChI=1S/C17H20FN3O3/c1-12(2)11-20(9-8-16(22)23)17(24)15-7-10-21(19-15)14-5-3-13(18)4-6-14/h3-7,10,12H,8-9,11H2,1-2H3,(H,22,23). The summed E-state index contributed by atoms with van der Waals surface area (Å²) in [5.41, 5.74) is 0.863. The fourth-order valence-corrected chi connectivity index (χ4v) is 2.28. The summed E-state index contributed by atoms with van der Waals surface area (Å²) in [7, 11) is 0. The Morgan fingerprint density at radius 3 is 2.50 bits per heavy atom. The van der Waals surface area contributed by atoms with Crippen molar-refractivity contribution in [1.29, 1.82) is 0 Å². The van der Waals surface area contributed by atoms with Gasteiger partial charge in [-0.2, -0.15) is 5.10 Å². The van der Waals surface area contributed by atoms with Crippen LogP contribution in [0.15, 0.2) is 36.5 Å². The van der Waals surface area contributed by atoms with Gasteiger partial charge in [-0.05, 0) is 36.2 Å². The molecule has 1 aromatic carbocycles. The van der Waals surface area contributed by atoms with Crippen molar-refractivity contribution in [2.45, 2.75) is 20.3 Å². The number of aliphatic carboxylic acids is 1. The van der Waals surface area contributed by atoms with E-state index in [2.05, 4.69) is 5.10 Å². The summed E-state index contributed by atoms with van der Waals surface area (Å²) in [6.45, 7) is 4.50. The number of carbonyl (C=O) groups is 2. The zero-order valence-electron chi connectivity index (χ0n) is 13.6. The van der Waals surface area contributed by atoms with Crippen molar-refractivity contribution in [1.82, 2.24) is 14.7 Å². The Kier molecular flexibility index (Phi) is 5.68. The van der Waals surface area contributed by atoms with Gasteiger partial charge in [0, 0.05) is 19.3 Å². The first-order valence-corrected chi connectivity index (χ1v) is 7.69. The minimum Gasteiger partial charge on any atom is -0.481 e. The number of nitrogens with zero attached hydrogens (tertiary/aromatic N) is 3. The van der Waals surface area contributed by atoms with Gasteiger partial charge in [-0.1, -0.05) is 13.8 Å². The predicted molar refractivity (Wildman–Crippen MR) is 86.5 cm³/mol. The average molecular weight is 333 g/mol. The predicted octanol–water partition coefficient (Wildman–Crippen LogP) is 2.58. The van der Waals surface area contributed by atoms with E-state index in [0.717, 1.165) is 0 Å². The second kappa shape index (κ2) is 7.72. The largest absolute Gasteiger partial charge is 0.481 e. The lowest BCUT2D eigenvalue weighted by Crippen LogP contribution is -2.36. The van der Waals surface area contributed by atoms with Crippen LogP contribution >= 0.6 is 0 Å². The highest BCUT2D eigenvalue weighted by Gasteiger charge is 2.20. The molecule has 0 saturated carbocycles. The van der Waals surface area contributed by atoms with E-state index in [9.17, 15) is 14.0 Å². The smallest absolute Gasteiger partial charge is 0.305 e. The van der Waals surface area contributed by atoms with E-state index >= 15 is 0 Å². The Morgan fingerprint density at radius 2 is 1.92 bits per heavy atom. The zero-order valence-corrected chi connectivity index (χ0v) is 13.6. The molecule has 6 nitrogen and oxygen atoms in total. The van der Waals surface area contributed by atoms with Crippen molar-refractivity contribution in [2.24, 2.45) is 5.92 Å². The minimum absolute atomic E-state index is 0.114. The molecule has 0 atom stereocenters. The van der Waals surface area contributed by atoms with E-state index in [1.54, 1.807) is 24.4 Å². The average Bonchev–Trinajstić information content (AvgIpc) is 3.01. The summed E-state index contributed by atoms with van der Waals surface area (Å²) in [5, 5.41) is 13.1. The molecule has 2 aromatic rings. The molecule has 24 heavy (non-hydrogen) atoms. The number of hydrogen-bond donors (Lipinski definition) is 1. The summed E-state index contributed by atoms with van der Waals surface area (Å²) in [6.07, 6.45) is 1.50. The summed E-state index contributed by atoms with van der Waals surface area (Å²) in [5.74, 6) is -1.40. The Labute approximate surface area is 139 Å². The maximum atomic E-state index is 13.0. The topological polar surface area (TPSA) is 75.4 Å². The number of halogens is 1. The van der Waals surface area contributed by atoms with Gasteiger partial charge in [0.05, 0.1) is 12.1 Å². The number of carbonyl (C=O) groups excluding carboxylic acids is 1. The van der Waals surface area contributed by atoms with Crippen molar-refractivity contribution < 1.29 is 19.1 Å². The van der Waals surface area contributed by atoms with Crippen LogP contribution in [0.5, 0.6) is 0 Å². The summed E-state index contributed by atoms with van der Waals surface area (Å²) in [6, 6.07) is 7.33. The normalized spacial score (nSPS) is 10.8. The second-order valence-electron chi connectivity index (χ2n) is 5.91. The fraction of sp³-hybridized carbons (Fsp3) is 0.353. The van der Waals surface area contributed by atoms with Crippen molar-refractivity contribution in [2.75, 3.05) is 13.1 Å². The van der Waals surface area contributed by atoms with Gasteiger partial charge in [-0.15, -0.1) is 0 Å². The van der Waals surface area contributed by atoms with E-state index < -0.39 is 5.97 Å². The Hall–Kier alpha value is -2.70. The van der Waals surface area contributed by atoms with Gasteiger partial charge >= 0.3 is 5.97 Å². The van der Waals surface area contributed by atoms with Gasteiger partial charge in [0.15, 0.2) is 5.69 Å². The highest BCUT2D eigenvalue weighted by molar-refractivity contribution is 5.92. The molecule has 2 rings (SSSR count). The summed E-state index contributed by atoms with van der Waals surface area (Å²) >= 11 is 0. The number of rotatable bonds is 7. The van der Waals surface area contributed by atoms with E-state index in [0.29, 0.717) is 12.2 Å². The third-order valence-electron chi connectivity index (χ3n) is 3.37. The number of carboxylic acids is 1. The van der Waals surface area contributed by atoms with E-state index in [-0.39, 0.29) is 36.3 Å². The molecule has 0 unspecified atom stereocenters. The molecular formula is C17H20FN3O3. The van der Waals surface area contributed by atoms with Crippen molar-refractivity contribution in [3.63, 3.8) is 0 Å². The van der Waals surface area contributed by atoms with Crippen LogP contribution in [0, 0.1) is 11.7 Å². The first kappa shape index (κ1) is 17.7. The Morgan fingerprint density at radius 1 is 1.25 bits per heavy atom. The molecule has 1 heterocycles. The number of carboxylic acid groups (broad SMARTS) is 1. The van der Waals surface area contributed by atoms with Crippen LogP contribution in [0.1, 0.15) is 30.8 Å².